The van der Waals surface area contributed by atoms with Crippen LogP contribution in [0.15, 0.2) is 41.4 Å². The topological polar surface area (TPSA) is 54.5 Å². The molecule has 122 valence electrons. The van der Waals surface area contributed by atoms with E-state index in [4.69, 9.17) is 4.74 Å². The van der Waals surface area contributed by atoms with Crippen LogP contribution in [0.3, 0.4) is 0 Å². The Morgan fingerprint density at radius 3 is 3.04 bits per heavy atom. The van der Waals surface area contributed by atoms with Crippen LogP contribution in [0.5, 0.6) is 0 Å². The summed E-state index contributed by atoms with van der Waals surface area (Å²) in [4.78, 5) is 18.5. The van der Waals surface area contributed by atoms with E-state index in [0.29, 0.717) is 13.1 Å². The average molecular weight is 331 g/mol. The lowest BCUT2D eigenvalue weighted by atomic mass is 10.1. The van der Waals surface area contributed by atoms with Crippen LogP contribution in [0.25, 0.3) is 0 Å². The summed E-state index contributed by atoms with van der Waals surface area (Å²) in [5.41, 5.74) is 2.14. The van der Waals surface area contributed by atoms with Gasteiger partial charge in [0.1, 0.15) is 6.10 Å². The van der Waals surface area contributed by atoms with Crippen LogP contribution in [0, 0.1) is 0 Å². The first-order chi connectivity index (χ1) is 11.1. The fourth-order valence-electron chi connectivity index (χ4n) is 2.75. The molecule has 0 aromatic carbocycles. The molecule has 1 aliphatic rings. The second kappa shape index (κ2) is 7.10. The maximum absolute atomic E-state index is 12.6. The van der Waals surface area contributed by atoms with E-state index in [-0.39, 0.29) is 24.3 Å². The Morgan fingerprint density at radius 1 is 1.48 bits per heavy atom. The Morgan fingerprint density at radius 2 is 2.35 bits per heavy atom. The molecule has 0 radical (unpaired) electrons. The van der Waals surface area contributed by atoms with Crippen molar-refractivity contribution in [2.75, 3.05) is 13.1 Å². The van der Waals surface area contributed by atoms with Crippen molar-refractivity contribution in [1.82, 2.24) is 15.2 Å². The van der Waals surface area contributed by atoms with Gasteiger partial charge in [0.2, 0.25) is 0 Å². The highest BCUT2D eigenvalue weighted by molar-refractivity contribution is 7.07. The molecule has 3 atom stereocenters. The molecule has 3 rings (SSSR count). The molecule has 0 bridgehead atoms. The standard InChI is InChI=1S/C17H21N3O2S/c1-12-9-20(10-16(22-12)15-5-7-23-11-15)17(21)19-13(2)14-4-3-6-18-8-14/h3-8,11-13,16H,9-10H2,1-2H3,(H,19,21)/t12-,13-,16-/m1/s1. The maximum atomic E-state index is 12.6. The van der Waals surface area contributed by atoms with Crippen molar-refractivity contribution in [3.05, 3.63) is 52.5 Å². The number of nitrogens with zero attached hydrogens (tertiary/aromatic N) is 2. The summed E-state index contributed by atoms with van der Waals surface area (Å²) >= 11 is 1.65. The van der Waals surface area contributed by atoms with Crippen LogP contribution in [0.2, 0.25) is 0 Å². The monoisotopic (exact) mass is 331 g/mol. The quantitative estimate of drug-likeness (QED) is 0.938. The van der Waals surface area contributed by atoms with Gasteiger partial charge >= 0.3 is 6.03 Å². The molecular formula is C17H21N3O2S. The average Bonchev–Trinajstić information content (AvgIpc) is 3.09. The second-order valence-corrected chi connectivity index (χ2v) is 6.63. The Labute approximate surface area is 140 Å². The number of amides is 2. The molecule has 1 saturated heterocycles. The van der Waals surface area contributed by atoms with Crippen LogP contribution in [-0.2, 0) is 4.74 Å². The third-order valence-corrected chi connectivity index (χ3v) is 4.69. The Hall–Kier alpha value is -1.92. The molecule has 2 aromatic heterocycles. The lowest BCUT2D eigenvalue weighted by Gasteiger charge is -2.37. The van der Waals surface area contributed by atoms with Crippen LogP contribution in [0.4, 0.5) is 4.79 Å². The number of ether oxygens (including phenoxy) is 1. The van der Waals surface area contributed by atoms with E-state index < -0.39 is 0 Å². The number of thiophene rings is 1. The van der Waals surface area contributed by atoms with E-state index in [1.807, 2.05) is 36.3 Å². The summed E-state index contributed by atoms with van der Waals surface area (Å²) in [5, 5.41) is 7.16. The van der Waals surface area contributed by atoms with Crippen LogP contribution >= 0.6 is 11.3 Å². The predicted molar refractivity (Wildman–Crippen MR) is 90.4 cm³/mol. The van der Waals surface area contributed by atoms with Crippen molar-refractivity contribution in [3.8, 4) is 0 Å². The number of carbonyl (C=O) groups excluding carboxylic acids is 1. The molecule has 2 amide bonds. The van der Waals surface area contributed by atoms with Gasteiger partial charge in [0, 0.05) is 18.9 Å². The van der Waals surface area contributed by atoms with E-state index in [9.17, 15) is 4.79 Å². The first kappa shape index (κ1) is 16.0. The minimum absolute atomic E-state index is 0.0214. The number of nitrogens with one attached hydrogen (secondary N) is 1. The van der Waals surface area contributed by atoms with Crippen LogP contribution in [0.1, 0.15) is 37.1 Å². The van der Waals surface area contributed by atoms with Crippen molar-refractivity contribution in [2.45, 2.75) is 32.1 Å². The van der Waals surface area contributed by atoms with Crippen molar-refractivity contribution >= 4 is 17.4 Å². The van der Waals surface area contributed by atoms with Crippen molar-refractivity contribution in [1.29, 1.82) is 0 Å². The number of carbonyl (C=O) groups is 1. The van der Waals surface area contributed by atoms with Crippen LogP contribution < -0.4 is 5.32 Å². The molecule has 1 fully saturated rings. The SMILES string of the molecule is C[C@@H]1CN(C(=O)N[C@H](C)c2cccnc2)C[C@H](c2ccsc2)O1. The minimum atomic E-state index is -0.0750. The van der Waals surface area contributed by atoms with Gasteiger partial charge < -0.3 is 15.0 Å². The van der Waals surface area contributed by atoms with Crippen molar-refractivity contribution < 1.29 is 9.53 Å². The zero-order chi connectivity index (χ0) is 16.2. The predicted octanol–water partition coefficient (Wildman–Crippen LogP) is 3.38. The van der Waals surface area contributed by atoms with Crippen molar-refractivity contribution in [3.63, 3.8) is 0 Å². The van der Waals surface area contributed by atoms with Crippen LogP contribution in [-0.4, -0.2) is 35.1 Å². The Kier molecular flexibility index (Phi) is 4.93. The van der Waals surface area contributed by atoms with E-state index in [1.54, 1.807) is 23.7 Å². The fourth-order valence-corrected chi connectivity index (χ4v) is 3.45. The third-order valence-electron chi connectivity index (χ3n) is 3.99. The first-order valence-corrected chi connectivity index (χ1v) is 8.70. The van der Waals surface area contributed by atoms with E-state index in [1.165, 1.54) is 0 Å². The van der Waals surface area contributed by atoms with Gasteiger partial charge in [-0.25, -0.2) is 4.79 Å². The highest BCUT2D eigenvalue weighted by Gasteiger charge is 2.30. The number of hydrogen-bond acceptors (Lipinski definition) is 4. The molecule has 1 N–H and O–H groups in total. The molecule has 0 unspecified atom stereocenters. The van der Waals surface area contributed by atoms with Gasteiger partial charge in [-0.05, 0) is 47.9 Å². The molecule has 0 spiro atoms. The van der Waals surface area contributed by atoms with Gasteiger partial charge in [-0.15, -0.1) is 0 Å². The van der Waals surface area contributed by atoms with Gasteiger partial charge in [-0.1, -0.05) is 6.07 Å². The first-order valence-electron chi connectivity index (χ1n) is 7.76. The summed E-state index contributed by atoms with van der Waals surface area (Å²) in [6.45, 7) is 5.15. The van der Waals surface area contributed by atoms with Gasteiger partial charge in [0.05, 0.1) is 18.7 Å². The smallest absolute Gasteiger partial charge is 0.318 e. The molecule has 2 aromatic rings. The van der Waals surface area contributed by atoms with Gasteiger partial charge in [0.15, 0.2) is 0 Å². The molecule has 23 heavy (non-hydrogen) atoms. The lowest BCUT2D eigenvalue weighted by molar-refractivity contribution is -0.0657. The summed E-state index contributed by atoms with van der Waals surface area (Å²) < 4.78 is 5.98. The number of urea groups is 1. The highest BCUT2D eigenvalue weighted by atomic mass is 32.1. The largest absolute Gasteiger partial charge is 0.367 e. The summed E-state index contributed by atoms with van der Waals surface area (Å²) in [5.74, 6) is 0. The number of rotatable bonds is 3. The third kappa shape index (κ3) is 3.89. The van der Waals surface area contributed by atoms with Gasteiger partial charge in [0.25, 0.3) is 0 Å². The Balaban J connectivity index is 1.64. The van der Waals surface area contributed by atoms with Gasteiger partial charge in [-0.2, -0.15) is 11.3 Å². The van der Waals surface area contributed by atoms with E-state index >= 15 is 0 Å². The van der Waals surface area contributed by atoms with E-state index in [2.05, 4.69) is 21.7 Å². The summed E-state index contributed by atoms with van der Waals surface area (Å²) in [7, 11) is 0. The molecule has 3 heterocycles. The summed E-state index contributed by atoms with van der Waals surface area (Å²) in [6, 6.07) is 5.77. The molecule has 1 aliphatic heterocycles. The molecule has 0 aliphatic carbocycles. The lowest BCUT2D eigenvalue weighted by Crippen LogP contribution is -2.50. The highest BCUT2D eigenvalue weighted by Crippen LogP contribution is 2.27. The normalized spacial score (nSPS) is 22.6. The number of morpholine rings is 1. The van der Waals surface area contributed by atoms with Gasteiger partial charge in [-0.3, -0.25) is 4.98 Å². The second-order valence-electron chi connectivity index (χ2n) is 5.85. The molecule has 6 heteroatoms. The van der Waals surface area contributed by atoms with E-state index in [0.717, 1.165) is 11.1 Å². The molecule has 0 saturated carbocycles. The molecular weight excluding hydrogens is 310 g/mol. The fraction of sp³-hybridized carbons (Fsp3) is 0.412. The summed E-state index contributed by atoms with van der Waals surface area (Å²) in [6.07, 6.45) is 3.48. The zero-order valence-electron chi connectivity index (χ0n) is 13.3. The molecule has 5 nitrogen and oxygen atoms in total. The Bertz CT molecular complexity index is 633. The number of pyridine rings is 1. The number of aromatic nitrogens is 1. The minimum Gasteiger partial charge on any atom is -0.367 e. The zero-order valence-corrected chi connectivity index (χ0v) is 14.1. The maximum Gasteiger partial charge on any atom is 0.318 e. The van der Waals surface area contributed by atoms with Crippen molar-refractivity contribution in [2.24, 2.45) is 0 Å². The number of hydrogen-bond donors (Lipinski definition) is 1.